The first kappa shape index (κ1) is 7.39. The molecule has 0 aromatic heterocycles. The number of hydrogen-bond donors (Lipinski definition) is 3. The average Bonchev–Trinajstić information content (AvgIpc) is 1.83. The van der Waals surface area contributed by atoms with Gasteiger partial charge in [0.25, 0.3) is 0 Å². The Kier molecular flexibility index (Phi) is 4.20. The molecule has 4 heteroatoms. The van der Waals surface area contributed by atoms with Gasteiger partial charge in [-0.2, -0.15) is 0 Å². The summed E-state index contributed by atoms with van der Waals surface area (Å²) in [6.07, 6.45) is -0.0843. The molecule has 0 aliphatic heterocycles. The second-order valence-corrected chi connectivity index (χ2v) is 1.42. The SMILES string of the molecule is NCC(O)CNC=O. The van der Waals surface area contributed by atoms with E-state index >= 15 is 0 Å². The van der Waals surface area contributed by atoms with Crippen LogP contribution in [0.3, 0.4) is 0 Å². The predicted octanol–water partition coefficient (Wildman–Crippen LogP) is -1.95. The highest BCUT2D eigenvalue weighted by Gasteiger charge is 1.95. The van der Waals surface area contributed by atoms with E-state index in [2.05, 4.69) is 5.32 Å². The third-order valence-electron chi connectivity index (χ3n) is 0.709. The van der Waals surface area contributed by atoms with Gasteiger partial charge in [-0.3, -0.25) is 4.79 Å². The zero-order valence-electron chi connectivity index (χ0n) is 4.50. The van der Waals surface area contributed by atoms with Gasteiger partial charge >= 0.3 is 0 Å². The van der Waals surface area contributed by atoms with Gasteiger partial charge in [0.2, 0.25) is 6.41 Å². The number of nitrogens with two attached hydrogens (primary N) is 1. The normalized spacial score (nSPS) is 12.8. The van der Waals surface area contributed by atoms with Gasteiger partial charge < -0.3 is 16.2 Å². The van der Waals surface area contributed by atoms with Crippen molar-refractivity contribution >= 4 is 6.41 Å². The van der Waals surface area contributed by atoms with Gasteiger partial charge in [-0.25, -0.2) is 0 Å². The molecule has 1 atom stereocenters. The number of hydrogen-bond acceptors (Lipinski definition) is 3. The summed E-state index contributed by atoms with van der Waals surface area (Å²) >= 11 is 0. The smallest absolute Gasteiger partial charge is 0.207 e. The summed E-state index contributed by atoms with van der Waals surface area (Å²) in [6.45, 7) is 0.418. The monoisotopic (exact) mass is 118 g/mol. The van der Waals surface area contributed by atoms with Gasteiger partial charge in [-0.05, 0) is 0 Å². The molecule has 4 N–H and O–H groups in total. The molecule has 0 bridgehead atoms. The summed E-state index contributed by atoms with van der Waals surface area (Å²) < 4.78 is 0. The standard InChI is InChI=1S/C4H10N2O2/c5-1-4(8)2-6-3-7/h3-4,8H,1-2,5H2,(H,6,7). The number of rotatable bonds is 4. The summed E-state index contributed by atoms with van der Waals surface area (Å²) in [5.41, 5.74) is 5.01. The number of aliphatic hydroxyl groups excluding tert-OH is 1. The number of carbonyl (C=O) groups is 1. The van der Waals surface area contributed by atoms with E-state index in [0.29, 0.717) is 6.41 Å². The van der Waals surface area contributed by atoms with Crippen molar-refractivity contribution in [3.05, 3.63) is 0 Å². The Labute approximate surface area is 47.7 Å². The number of carbonyl (C=O) groups excluding carboxylic acids is 1. The lowest BCUT2D eigenvalue weighted by molar-refractivity contribution is -0.109. The summed E-state index contributed by atoms with van der Waals surface area (Å²) in [7, 11) is 0. The maximum Gasteiger partial charge on any atom is 0.207 e. The van der Waals surface area contributed by atoms with E-state index in [-0.39, 0.29) is 13.1 Å². The molecule has 0 heterocycles. The molecule has 0 saturated heterocycles. The van der Waals surface area contributed by atoms with Crippen LogP contribution in [0.2, 0.25) is 0 Å². The molecule has 4 nitrogen and oxygen atoms in total. The third kappa shape index (κ3) is 3.58. The molecule has 0 aromatic rings. The van der Waals surface area contributed by atoms with Crippen molar-refractivity contribution < 1.29 is 9.90 Å². The Morgan fingerprint density at radius 3 is 2.88 bits per heavy atom. The van der Waals surface area contributed by atoms with Crippen molar-refractivity contribution in [3.8, 4) is 0 Å². The Morgan fingerprint density at radius 1 is 1.88 bits per heavy atom. The first-order chi connectivity index (χ1) is 3.81. The molecule has 0 fully saturated rings. The Morgan fingerprint density at radius 2 is 2.50 bits per heavy atom. The zero-order valence-corrected chi connectivity index (χ0v) is 4.50. The summed E-state index contributed by atoms with van der Waals surface area (Å²) in [5.74, 6) is 0. The highest BCUT2D eigenvalue weighted by Crippen LogP contribution is 1.70. The van der Waals surface area contributed by atoms with E-state index in [1.807, 2.05) is 0 Å². The van der Waals surface area contributed by atoms with E-state index in [1.165, 1.54) is 0 Å². The lowest BCUT2D eigenvalue weighted by Crippen LogP contribution is -2.31. The summed E-state index contributed by atoms with van der Waals surface area (Å²) in [4.78, 5) is 9.56. The van der Waals surface area contributed by atoms with Crippen molar-refractivity contribution in [1.29, 1.82) is 0 Å². The molecule has 0 aromatic carbocycles. The van der Waals surface area contributed by atoms with Crippen molar-refractivity contribution in [1.82, 2.24) is 5.32 Å². The predicted molar refractivity (Wildman–Crippen MR) is 29.1 cm³/mol. The van der Waals surface area contributed by atoms with Crippen LogP contribution in [0.1, 0.15) is 0 Å². The van der Waals surface area contributed by atoms with Crippen LogP contribution >= 0.6 is 0 Å². The Balaban J connectivity index is 2.97. The molecular formula is C4H10N2O2. The highest BCUT2D eigenvalue weighted by molar-refractivity contribution is 5.45. The van der Waals surface area contributed by atoms with Gasteiger partial charge in [0.1, 0.15) is 0 Å². The van der Waals surface area contributed by atoms with Gasteiger partial charge in [-0.15, -0.1) is 0 Å². The van der Waals surface area contributed by atoms with Crippen molar-refractivity contribution in [3.63, 3.8) is 0 Å². The first-order valence-corrected chi connectivity index (χ1v) is 2.36. The molecule has 0 radical (unpaired) electrons. The van der Waals surface area contributed by atoms with Crippen LogP contribution in [0.25, 0.3) is 0 Å². The van der Waals surface area contributed by atoms with Crippen LogP contribution in [0.5, 0.6) is 0 Å². The lowest BCUT2D eigenvalue weighted by Gasteiger charge is -2.03. The van der Waals surface area contributed by atoms with E-state index < -0.39 is 6.10 Å². The molecule has 48 valence electrons. The molecule has 0 aliphatic rings. The minimum Gasteiger partial charge on any atom is -0.390 e. The largest absolute Gasteiger partial charge is 0.390 e. The first-order valence-electron chi connectivity index (χ1n) is 2.36. The van der Waals surface area contributed by atoms with Gasteiger partial charge in [-0.1, -0.05) is 0 Å². The second kappa shape index (κ2) is 4.55. The zero-order chi connectivity index (χ0) is 6.41. The van der Waals surface area contributed by atoms with Gasteiger partial charge in [0, 0.05) is 13.1 Å². The summed E-state index contributed by atoms with van der Waals surface area (Å²) in [5, 5.41) is 10.9. The number of aliphatic hydroxyl groups is 1. The molecule has 0 rings (SSSR count). The molecular weight excluding hydrogens is 108 g/mol. The lowest BCUT2D eigenvalue weighted by atomic mass is 10.4. The maximum atomic E-state index is 9.56. The van der Waals surface area contributed by atoms with E-state index in [9.17, 15) is 4.79 Å². The highest BCUT2D eigenvalue weighted by atomic mass is 16.3. The molecule has 0 aliphatic carbocycles. The van der Waals surface area contributed by atoms with E-state index in [1.54, 1.807) is 0 Å². The minimum atomic E-state index is -0.611. The van der Waals surface area contributed by atoms with E-state index in [0.717, 1.165) is 0 Å². The van der Waals surface area contributed by atoms with Crippen LogP contribution in [0.4, 0.5) is 0 Å². The Hall–Kier alpha value is -0.610. The van der Waals surface area contributed by atoms with Crippen LogP contribution in [0, 0.1) is 0 Å². The molecule has 1 unspecified atom stereocenters. The topological polar surface area (TPSA) is 75.3 Å². The fourth-order valence-electron chi connectivity index (χ4n) is 0.267. The van der Waals surface area contributed by atoms with Gasteiger partial charge in [0.05, 0.1) is 6.10 Å². The minimum absolute atomic E-state index is 0.181. The quantitative estimate of drug-likeness (QED) is 0.376. The van der Waals surface area contributed by atoms with Crippen LogP contribution in [0.15, 0.2) is 0 Å². The van der Waals surface area contributed by atoms with Crippen LogP contribution < -0.4 is 11.1 Å². The third-order valence-corrected chi connectivity index (χ3v) is 0.709. The fourth-order valence-corrected chi connectivity index (χ4v) is 0.267. The maximum absolute atomic E-state index is 9.56. The van der Waals surface area contributed by atoms with Crippen LogP contribution in [-0.2, 0) is 4.79 Å². The van der Waals surface area contributed by atoms with Crippen molar-refractivity contribution in [2.24, 2.45) is 5.73 Å². The van der Waals surface area contributed by atoms with Crippen molar-refractivity contribution in [2.75, 3.05) is 13.1 Å². The molecule has 1 amide bonds. The van der Waals surface area contributed by atoms with Crippen molar-refractivity contribution in [2.45, 2.75) is 6.10 Å². The number of amides is 1. The fraction of sp³-hybridized carbons (Fsp3) is 0.750. The molecule has 0 spiro atoms. The number of nitrogens with one attached hydrogen (secondary N) is 1. The second-order valence-electron chi connectivity index (χ2n) is 1.42. The molecule has 0 saturated carbocycles. The van der Waals surface area contributed by atoms with E-state index in [4.69, 9.17) is 10.8 Å². The average molecular weight is 118 g/mol. The molecule has 8 heavy (non-hydrogen) atoms. The van der Waals surface area contributed by atoms with Gasteiger partial charge in [0.15, 0.2) is 0 Å². The van der Waals surface area contributed by atoms with Crippen LogP contribution in [-0.4, -0.2) is 30.7 Å². The summed E-state index contributed by atoms with van der Waals surface area (Å²) in [6, 6.07) is 0. The Bertz CT molecular complexity index is 67.1.